The van der Waals surface area contributed by atoms with Crippen LogP contribution in [0.1, 0.15) is 12.0 Å². The zero-order valence-corrected chi connectivity index (χ0v) is 10.1. The third kappa shape index (κ3) is 4.75. The third-order valence-corrected chi connectivity index (χ3v) is 2.33. The Morgan fingerprint density at radius 1 is 1.12 bits per heavy atom. The number of hydrogen-bond acceptors (Lipinski definition) is 2. The molecule has 0 aliphatic heterocycles. The number of hydrogen-bond donors (Lipinski definition) is 1. The Hall–Kier alpha value is -1.07. The van der Waals surface area contributed by atoms with Gasteiger partial charge in [0.1, 0.15) is 0 Å². The van der Waals surface area contributed by atoms with Crippen molar-refractivity contribution in [3.8, 4) is 0 Å². The van der Waals surface area contributed by atoms with E-state index in [9.17, 15) is 13.2 Å². The van der Waals surface area contributed by atoms with E-state index >= 15 is 0 Å². The summed E-state index contributed by atoms with van der Waals surface area (Å²) in [5.74, 6) is -3.70. The minimum atomic E-state index is -1.42. The number of nitrogens with zero attached hydrogens (tertiary/aromatic N) is 1. The van der Waals surface area contributed by atoms with Gasteiger partial charge in [-0.2, -0.15) is 0 Å². The number of benzene rings is 1. The fourth-order valence-corrected chi connectivity index (χ4v) is 1.46. The van der Waals surface area contributed by atoms with E-state index in [1.54, 1.807) is 0 Å². The molecule has 0 fully saturated rings. The second-order valence-corrected chi connectivity index (χ2v) is 4.21. The Bertz CT molecular complexity index is 344. The van der Waals surface area contributed by atoms with Gasteiger partial charge < -0.3 is 10.2 Å². The van der Waals surface area contributed by atoms with Gasteiger partial charge in [-0.15, -0.1) is 0 Å². The highest BCUT2D eigenvalue weighted by atomic mass is 19.2. The summed E-state index contributed by atoms with van der Waals surface area (Å²) in [6.07, 6.45) is 0.944. The van der Waals surface area contributed by atoms with E-state index in [1.165, 1.54) is 0 Å². The Morgan fingerprint density at radius 2 is 1.71 bits per heavy atom. The molecule has 1 N–H and O–H groups in total. The van der Waals surface area contributed by atoms with Gasteiger partial charge in [-0.05, 0) is 51.3 Å². The van der Waals surface area contributed by atoms with E-state index in [0.717, 1.165) is 31.6 Å². The van der Waals surface area contributed by atoms with Crippen LogP contribution in [0.3, 0.4) is 0 Å². The zero-order valence-electron chi connectivity index (χ0n) is 10.1. The summed E-state index contributed by atoms with van der Waals surface area (Å²) in [6.45, 7) is 2.03. The van der Waals surface area contributed by atoms with Crippen LogP contribution in [0.4, 0.5) is 13.2 Å². The van der Waals surface area contributed by atoms with Crippen LogP contribution in [0.15, 0.2) is 12.1 Å². The van der Waals surface area contributed by atoms with Crippen molar-refractivity contribution < 1.29 is 13.2 Å². The van der Waals surface area contributed by atoms with Gasteiger partial charge in [-0.3, -0.25) is 0 Å². The van der Waals surface area contributed by atoms with Crippen molar-refractivity contribution in [1.29, 1.82) is 0 Å². The summed E-state index contributed by atoms with van der Waals surface area (Å²) in [5.41, 5.74) is 0.409. The normalized spacial score (nSPS) is 11.2. The standard InChI is InChI=1S/C12H17F3N2/c1-17(2)5-3-4-16-8-9-6-10(13)12(15)11(14)7-9/h6-7,16H,3-5,8H2,1-2H3. The highest BCUT2D eigenvalue weighted by molar-refractivity contribution is 5.19. The van der Waals surface area contributed by atoms with Crippen molar-refractivity contribution in [2.24, 2.45) is 0 Å². The maximum Gasteiger partial charge on any atom is 0.194 e. The van der Waals surface area contributed by atoms with Gasteiger partial charge in [-0.25, -0.2) is 13.2 Å². The van der Waals surface area contributed by atoms with Gasteiger partial charge in [0.25, 0.3) is 0 Å². The second kappa shape index (κ2) is 6.61. The minimum Gasteiger partial charge on any atom is -0.313 e. The molecule has 0 saturated heterocycles. The van der Waals surface area contributed by atoms with E-state index in [4.69, 9.17) is 0 Å². The third-order valence-electron chi connectivity index (χ3n) is 2.33. The SMILES string of the molecule is CN(C)CCCNCc1cc(F)c(F)c(F)c1. The van der Waals surface area contributed by atoms with Crippen molar-refractivity contribution in [3.63, 3.8) is 0 Å². The predicted octanol–water partition coefficient (Wildman–Crippen LogP) is 2.15. The lowest BCUT2D eigenvalue weighted by molar-refractivity contribution is 0.394. The molecular formula is C12H17F3N2. The van der Waals surface area contributed by atoms with E-state index in [-0.39, 0.29) is 0 Å². The van der Waals surface area contributed by atoms with Crippen LogP contribution in [-0.4, -0.2) is 32.1 Å². The maximum absolute atomic E-state index is 12.9. The van der Waals surface area contributed by atoms with Gasteiger partial charge in [0, 0.05) is 6.54 Å². The van der Waals surface area contributed by atoms with Crippen molar-refractivity contribution in [2.75, 3.05) is 27.2 Å². The average Bonchev–Trinajstić information content (AvgIpc) is 2.25. The van der Waals surface area contributed by atoms with Crippen LogP contribution in [-0.2, 0) is 6.54 Å². The molecule has 0 aliphatic rings. The van der Waals surface area contributed by atoms with Crippen molar-refractivity contribution >= 4 is 0 Å². The first-order valence-corrected chi connectivity index (χ1v) is 5.49. The van der Waals surface area contributed by atoms with Crippen LogP contribution in [0.5, 0.6) is 0 Å². The first kappa shape index (κ1) is 14.0. The lowest BCUT2D eigenvalue weighted by Crippen LogP contribution is -2.21. The first-order valence-electron chi connectivity index (χ1n) is 5.49. The molecule has 0 unspecified atom stereocenters. The molecule has 0 spiro atoms. The molecule has 1 rings (SSSR count). The molecule has 1 aromatic carbocycles. The summed E-state index contributed by atoms with van der Waals surface area (Å²) in [4.78, 5) is 2.05. The van der Waals surface area contributed by atoms with Crippen LogP contribution < -0.4 is 5.32 Å². The predicted molar refractivity (Wildman–Crippen MR) is 61.2 cm³/mol. The van der Waals surface area contributed by atoms with E-state index in [2.05, 4.69) is 10.2 Å². The summed E-state index contributed by atoms with van der Waals surface area (Å²) in [5, 5.41) is 3.05. The minimum absolute atomic E-state index is 0.335. The van der Waals surface area contributed by atoms with Gasteiger partial charge in [0.15, 0.2) is 17.5 Å². The molecule has 0 heterocycles. The molecular weight excluding hydrogens is 229 g/mol. The molecule has 0 aromatic heterocycles. The van der Waals surface area contributed by atoms with Gasteiger partial charge >= 0.3 is 0 Å². The van der Waals surface area contributed by atoms with Gasteiger partial charge in [-0.1, -0.05) is 0 Å². The lowest BCUT2D eigenvalue weighted by atomic mass is 10.2. The number of halogens is 3. The van der Waals surface area contributed by atoms with Crippen LogP contribution >= 0.6 is 0 Å². The second-order valence-electron chi connectivity index (χ2n) is 4.21. The lowest BCUT2D eigenvalue weighted by Gasteiger charge is -2.10. The molecule has 0 radical (unpaired) electrons. The van der Waals surface area contributed by atoms with Crippen molar-refractivity contribution in [1.82, 2.24) is 10.2 Å². The Labute approximate surface area is 99.4 Å². The molecule has 0 bridgehead atoms. The number of rotatable bonds is 6. The highest BCUT2D eigenvalue weighted by Crippen LogP contribution is 2.13. The maximum atomic E-state index is 12.9. The Balaban J connectivity index is 2.37. The largest absolute Gasteiger partial charge is 0.313 e. The topological polar surface area (TPSA) is 15.3 Å². The van der Waals surface area contributed by atoms with E-state index in [1.807, 2.05) is 14.1 Å². The first-order chi connectivity index (χ1) is 8.00. The quantitative estimate of drug-likeness (QED) is 0.611. The average molecular weight is 246 g/mol. The molecule has 17 heavy (non-hydrogen) atoms. The molecule has 2 nitrogen and oxygen atoms in total. The van der Waals surface area contributed by atoms with E-state index < -0.39 is 17.5 Å². The van der Waals surface area contributed by atoms with Crippen molar-refractivity contribution in [3.05, 3.63) is 35.1 Å². The Kier molecular flexibility index (Phi) is 5.44. The fraction of sp³-hybridized carbons (Fsp3) is 0.500. The molecule has 0 amide bonds. The van der Waals surface area contributed by atoms with Crippen LogP contribution in [0.25, 0.3) is 0 Å². The molecule has 0 saturated carbocycles. The monoisotopic (exact) mass is 246 g/mol. The molecule has 1 aromatic rings. The molecule has 0 atom stereocenters. The fourth-order valence-electron chi connectivity index (χ4n) is 1.46. The molecule has 5 heteroatoms. The summed E-state index contributed by atoms with van der Waals surface area (Å²) < 4.78 is 38.4. The highest BCUT2D eigenvalue weighted by Gasteiger charge is 2.09. The van der Waals surface area contributed by atoms with E-state index in [0.29, 0.717) is 12.1 Å². The zero-order chi connectivity index (χ0) is 12.8. The molecule has 0 aliphatic carbocycles. The molecule has 96 valence electrons. The summed E-state index contributed by atoms with van der Waals surface area (Å²) >= 11 is 0. The van der Waals surface area contributed by atoms with Gasteiger partial charge in [0.05, 0.1) is 0 Å². The summed E-state index contributed by atoms with van der Waals surface area (Å²) in [7, 11) is 3.95. The smallest absolute Gasteiger partial charge is 0.194 e. The number of nitrogens with one attached hydrogen (secondary N) is 1. The van der Waals surface area contributed by atoms with Crippen LogP contribution in [0.2, 0.25) is 0 Å². The van der Waals surface area contributed by atoms with Crippen LogP contribution in [0, 0.1) is 17.5 Å². The van der Waals surface area contributed by atoms with Crippen molar-refractivity contribution in [2.45, 2.75) is 13.0 Å². The Morgan fingerprint density at radius 3 is 2.24 bits per heavy atom. The summed E-state index contributed by atoms with van der Waals surface area (Å²) in [6, 6.07) is 2.02. The van der Waals surface area contributed by atoms with Gasteiger partial charge in [0.2, 0.25) is 0 Å².